The Labute approximate surface area is 87.1 Å². The van der Waals surface area contributed by atoms with Crippen molar-refractivity contribution in [1.29, 1.82) is 0 Å². The van der Waals surface area contributed by atoms with Gasteiger partial charge in [0.25, 0.3) is 0 Å². The number of β-amino-alcohol motifs (C(OH)–C–C–N with tert-alkyl or cyclic N) is 1. The fourth-order valence-electron chi connectivity index (χ4n) is 1.67. The lowest BCUT2D eigenvalue weighted by molar-refractivity contribution is -0.133. The van der Waals surface area contributed by atoms with Gasteiger partial charge in [-0.15, -0.1) is 0 Å². The van der Waals surface area contributed by atoms with E-state index in [2.05, 4.69) is 18.7 Å². The monoisotopic (exact) mass is 201 g/mol. The van der Waals surface area contributed by atoms with E-state index in [1.54, 1.807) is 0 Å². The molecule has 1 N–H and O–H groups in total. The van der Waals surface area contributed by atoms with Crippen molar-refractivity contribution in [3.63, 3.8) is 0 Å². The lowest BCUT2D eigenvalue weighted by Gasteiger charge is -2.49. The molecule has 0 amide bonds. The number of hydrogen-bond acceptors (Lipinski definition) is 3. The predicted molar refractivity (Wildman–Crippen MR) is 57.3 cm³/mol. The van der Waals surface area contributed by atoms with Crippen molar-refractivity contribution < 1.29 is 9.84 Å². The molecule has 14 heavy (non-hydrogen) atoms. The van der Waals surface area contributed by atoms with Crippen LogP contribution in [0.15, 0.2) is 0 Å². The third kappa shape index (κ3) is 2.94. The van der Waals surface area contributed by atoms with Crippen LogP contribution in [0.25, 0.3) is 0 Å². The molecule has 1 saturated heterocycles. The predicted octanol–water partition coefficient (Wildman–Crippen LogP) is 1.11. The molecule has 0 atom stereocenters. The Morgan fingerprint density at radius 1 is 1.29 bits per heavy atom. The Morgan fingerprint density at radius 3 is 2.29 bits per heavy atom. The third-order valence-electron chi connectivity index (χ3n) is 2.93. The third-order valence-corrected chi connectivity index (χ3v) is 2.93. The lowest BCUT2D eigenvalue weighted by Crippen LogP contribution is -2.64. The van der Waals surface area contributed by atoms with Crippen LogP contribution in [0.3, 0.4) is 0 Å². The molecule has 0 aromatic carbocycles. The van der Waals surface area contributed by atoms with Crippen molar-refractivity contribution in [2.24, 2.45) is 5.92 Å². The van der Waals surface area contributed by atoms with Crippen molar-refractivity contribution in [2.45, 2.75) is 39.4 Å². The molecule has 3 nitrogen and oxygen atoms in total. The minimum absolute atomic E-state index is 0.306. The second kappa shape index (κ2) is 4.60. The van der Waals surface area contributed by atoms with Gasteiger partial charge in [-0.2, -0.15) is 0 Å². The molecule has 0 bridgehead atoms. The highest BCUT2D eigenvalue weighted by atomic mass is 16.5. The quantitative estimate of drug-likeness (QED) is 0.723. The molecule has 84 valence electrons. The maximum Gasteiger partial charge on any atom is 0.0922 e. The molecule has 3 heteroatoms. The van der Waals surface area contributed by atoms with E-state index >= 15 is 0 Å². The van der Waals surface area contributed by atoms with Gasteiger partial charge in [0.05, 0.1) is 18.3 Å². The summed E-state index contributed by atoms with van der Waals surface area (Å²) < 4.78 is 5.45. The lowest BCUT2D eigenvalue weighted by atomic mass is 9.83. The first-order valence-corrected chi connectivity index (χ1v) is 5.50. The van der Waals surface area contributed by atoms with Gasteiger partial charge in [-0.25, -0.2) is 0 Å². The van der Waals surface area contributed by atoms with Gasteiger partial charge in [-0.05, 0) is 19.8 Å². The number of aliphatic hydroxyl groups is 1. The van der Waals surface area contributed by atoms with Crippen molar-refractivity contribution in [1.82, 2.24) is 4.90 Å². The Hall–Kier alpha value is -0.120. The average Bonchev–Trinajstić information content (AvgIpc) is 1.99. The molecule has 0 spiro atoms. The van der Waals surface area contributed by atoms with Crippen molar-refractivity contribution in [3.8, 4) is 0 Å². The second-order valence-corrected chi connectivity index (χ2v) is 4.89. The SMILES string of the molecule is CC(C)OCCN1CC(O)(C(C)C)C1. The normalized spacial score (nSPS) is 21.6. The Morgan fingerprint density at radius 2 is 1.86 bits per heavy atom. The zero-order chi connectivity index (χ0) is 10.8. The van der Waals surface area contributed by atoms with E-state index in [1.165, 1.54) is 0 Å². The number of hydrogen-bond donors (Lipinski definition) is 1. The van der Waals surface area contributed by atoms with Gasteiger partial charge < -0.3 is 9.84 Å². The highest BCUT2D eigenvalue weighted by Gasteiger charge is 2.42. The number of rotatable bonds is 5. The van der Waals surface area contributed by atoms with Crippen LogP contribution in [0.5, 0.6) is 0 Å². The first-order chi connectivity index (χ1) is 6.44. The van der Waals surface area contributed by atoms with Crippen LogP contribution in [0.2, 0.25) is 0 Å². The first-order valence-electron chi connectivity index (χ1n) is 5.50. The first kappa shape index (κ1) is 12.0. The number of nitrogens with zero attached hydrogens (tertiary/aromatic N) is 1. The maximum atomic E-state index is 9.98. The fraction of sp³-hybridized carbons (Fsp3) is 1.00. The summed E-state index contributed by atoms with van der Waals surface area (Å²) in [6.07, 6.45) is 0.306. The standard InChI is InChI=1S/C11H23NO2/c1-9(2)11(13)7-12(8-11)5-6-14-10(3)4/h9-10,13H,5-8H2,1-4H3. The van der Waals surface area contributed by atoms with Gasteiger partial charge in [-0.1, -0.05) is 13.8 Å². The summed E-state index contributed by atoms with van der Waals surface area (Å²) in [6.45, 7) is 11.5. The van der Waals surface area contributed by atoms with E-state index < -0.39 is 5.60 Å². The van der Waals surface area contributed by atoms with Crippen molar-refractivity contribution in [2.75, 3.05) is 26.2 Å². The van der Waals surface area contributed by atoms with E-state index in [4.69, 9.17) is 4.74 Å². The molecule has 0 radical (unpaired) electrons. The van der Waals surface area contributed by atoms with E-state index in [0.717, 1.165) is 26.2 Å². The second-order valence-electron chi connectivity index (χ2n) is 4.89. The van der Waals surface area contributed by atoms with Gasteiger partial charge in [0.15, 0.2) is 0 Å². The van der Waals surface area contributed by atoms with Gasteiger partial charge in [0.2, 0.25) is 0 Å². The van der Waals surface area contributed by atoms with Crippen molar-refractivity contribution >= 4 is 0 Å². The zero-order valence-corrected chi connectivity index (χ0v) is 9.79. The molecular weight excluding hydrogens is 178 g/mol. The summed E-state index contributed by atoms with van der Waals surface area (Å²) in [6, 6.07) is 0. The topological polar surface area (TPSA) is 32.7 Å². The van der Waals surface area contributed by atoms with Gasteiger partial charge >= 0.3 is 0 Å². The van der Waals surface area contributed by atoms with Gasteiger partial charge in [-0.3, -0.25) is 4.90 Å². The fourth-order valence-corrected chi connectivity index (χ4v) is 1.67. The van der Waals surface area contributed by atoms with E-state index in [9.17, 15) is 5.11 Å². The molecular formula is C11H23NO2. The summed E-state index contributed by atoms with van der Waals surface area (Å²) in [5.74, 6) is 0.352. The van der Waals surface area contributed by atoms with Gasteiger partial charge in [0, 0.05) is 19.6 Å². The molecule has 0 unspecified atom stereocenters. The summed E-state index contributed by atoms with van der Waals surface area (Å²) in [5.41, 5.74) is -0.447. The highest BCUT2D eigenvalue weighted by Crippen LogP contribution is 2.27. The molecule has 1 fully saturated rings. The molecule has 1 aliphatic rings. The summed E-state index contributed by atoms with van der Waals surface area (Å²) in [7, 11) is 0. The summed E-state index contributed by atoms with van der Waals surface area (Å²) >= 11 is 0. The highest BCUT2D eigenvalue weighted by molar-refractivity contribution is 4.97. The molecule has 0 aromatic heterocycles. The Balaban J connectivity index is 2.10. The van der Waals surface area contributed by atoms with Gasteiger partial charge in [0.1, 0.15) is 0 Å². The van der Waals surface area contributed by atoms with Crippen molar-refractivity contribution in [3.05, 3.63) is 0 Å². The van der Waals surface area contributed by atoms with E-state index in [0.29, 0.717) is 12.0 Å². The minimum Gasteiger partial charge on any atom is -0.387 e. The number of ether oxygens (including phenoxy) is 1. The molecule has 0 aromatic rings. The zero-order valence-electron chi connectivity index (χ0n) is 9.79. The van der Waals surface area contributed by atoms with Crippen LogP contribution in [0, 0.1) is 5.92 Å². The van der Waals surface area contributed by atoms with Crippen LogP contribution in [0.1, 0.15) is 27.7 Å². The van der Waals surface area contributed by atoms with Crippen LogP contribution >= 0.6 is 0 Å². The minimum atomic E-state index is -0.447. The van der Waals surface area contributed by atoms with E-state index in [1.807, 2.05) is 13.8 Å². The summed E-state index contributed by atoms with van der Waals surface area (Å²) in [5, 5.41) is 9.98. The smallest absolute Gasteiger partial charge is 0.0922 e. The largest absolute Gasteiger partial charge is 0.387 e. The maximum absolute atomic E-state index is 9.98. The Kier molecular flexibility index (Phi) is 3.93. The van der Waals surface area contributed by atoms with Crippen LogP contribution in [-0.4, -0.2) is 48.0 Å². The molecule has 0 saturated carbocycles. The molecule has 1 heterocycles. The van der Waals surface area contributed by atoms with E-state index in [-0.39, 0.29) is 0 Å². The van der Waals surface area contributed by atoms with Crippen LogP contribution in [0.4, 0.5) is 0 Å². The molecule has 0 aliphatic carbocycles. The van der Waals surface area contributed by atoms with Crippen LogP contribution in [-0.2, 0) is 4.74 Å². The summed E-state index contributed by atoms with van der Waals surface area (Å²) in [4.78, 5) is 2.24. The Bertz CT molecular complexity index is 174. The van der Waals surface area contributed by atoms with Crippen LogP contribution < -0.4 is 0 Å². The molecule has 1 rings (SSSR count). The molecule has 1 aliphatic heterocycles. The average molecular weight is 201 g/mol. The number of likely N-dealkylation sites (tertiary alicyclic amines) is 1.